The summed E-state index contributed by atoms with van der Waals surface area (Å²) in [4.78, 5) is 26.6. The Kier molecular flexibility index (Phi) is 4.40. The Hall–Kier alpha value is -2.84. The number of nitrogens with one attached hydrogen (secondary N) is 2. The van der Waals surface area contributed by atoms with Crippen LogP contribution in [0.4, 0.5) is 18.9 Å². The van der Waals surface area contributed by atoms with E-state index in [1.165, 1.54) is 23.2 Å². The number of halogens is 3. The first-order valence-electron chi connectivity index (χ1n) is 9.07. The predicted octanol–water partition coefficient (Wildman–Crippen LogP) is 2.98. The van der Waals surface area contributed by atoms with Crippen molar-refractivity contribution in [3.63, 3.8) is 0 Å². The number of amides is 2. The third-order valence-corrected chi connectivity index (χ3v) is 5.63. The number of hydrogen-bond acceptors (Lipinski definition) is 3. The van der Waals surface area contributed by atoms with Gasteiger partial charge in [-0.05, 0) is 37.0 Å². The molecule has 28 heavy (non-hydrogen) atoms. The van der Waals surface area contributed by atoms with E-state index >= 15 is 0 Å². The fourth-order valence-corrected chi connectivity index (χ4v) is 3.86. The molecule has 9 heteroatoms. The molecule has 2 fully saturated rings. The maximum absolute atomic E-state index is 12.8. The highest BCUT2D eigenvalue weighted by Crippen LogP contribution is 2.42. The molecule has 6 nitrogen and oxygen atoms in total. The van der Waals surface area contributed by atoms with Crippen molar-refractivity contribution < 1.29 is 22.8 Å². The highest BCUT2D eigenvalue weighted by molar-refractivity contribution is 6.00. The minimum Gasteiger partial charge on any atom is -0.346 e. The van der Waals surface area contributed by atoms with Crippen LogP contribution >= 0.6 is 0 Å². The summed E-state index contributed by atoms with van der Waals surface area (Å²) in [6, 6.07) is 4.95. The summed E-state index contributed by atoms with van der Waals surface area (Å²) in [7, 11) is 0. The summed E-state index contributed by atoms with van der Waals surface area (Å²) in [6.45, 7) is 0.257. The Balaban J connectivity index is 1.48. The summed E-state index contributed by atoms with van der Waals surface area (Å²) in [5, 5.41) is 9.47. The lowest BCUT2D eigenvalue weighted by Gasteiger charge is -2.43. The van der Waals surface area contributed by atoms with Crippen LogP contribution in [0.3, 0.4) is 0 Å². The highest BCUT2D eigenvalue weighted by Gasteiger charge is 2.44. The molecule has 0 radical (unpaired) electrons. The molecule has 1 saturated heterocycles. The molecule has 1 aliphatic heterocycles. The van der Waals surface area contributed by atoms with Gasteiger partial charge in [-0.3, -0.25) is 14.7 Å². The molecule has 148 valence electrons. The molecule has 1 aromatic carbocycles. The van der Waals surface area contributed by atoms with E-state index in [9.17, 15) is 22.8 Å². The number of H-pyrrole nitrogens is 1. The lowest BCUT2D eigenvalue weighted by Crippen LogP contribution is -2.52. The maximum Gasteiger partial charge on any atom is 0.416 e. The SMILES string of the molecule is O=C(NC1(c2ccc(C(F)(F)F)cc2)CCC1)C1CC(=O)N(c2cn[nH]c2)C1. The van der Waals surface area contributed by atoms with E-state index < -0.39 is 23.2 Å². The fraction of sp³-hybridized carbons (Fsp3) is 0.421. The van der Waals surface area contributed by atoms with E-state index in [2.05, 4.69) is 15.5 Å². The summed E-state index contributed by atoms with van der Waals surface area (Å²) < 4.78 is 38.4. The first-order chi connectivity index (χ1) is 13.3. The number of carbonyl (C=O) groups is 2. The zero-order valence-corrected chi connectivity index (χ0v) is 14.9. The number of hydrogen-bond donors (Lipinski definition) is 2. The van der Waals surface area contributed by atoms with Gasteiger partial charge in [-0.15, -0.1) is 0 Å². The molecule has 2 amide bonds. The largest absolute Gasteiger partial charge is 0.416 e. The number of aromatic nitrogens is 2. The third-order valence-electron chi connectivity index (χ3n) is 5.63. The highest BCUT2D eigenvalue weighted by atomic mass is 19.4. The topological polar surface area (TPSA) is 78.1 Å². The Morgan fingerprint density at radius 2 is 1.96 bits per heavy atom. The molecule has 2 N–H and O–H groups in total. The van der Waals surface area contributed by atoms with Crippen LogP contribution in [0.25, 0.3) is 0 Å². The van der Waals surface area contributed by atoms with Crippen molar-refractivity contribution >= 4 is 17.5 Å². The molecule has 2 aromatic rings. The van der Waals surface area contributed by atoms with E-state index in [-0.39, 0.29) is 24.8 Å². The molecule has 1 aliphatic carbocycles. The van der Waals surface area contributed by atoms with Crippen molar-refractivity contribution in [2.45, 2.75) is 37.4 Å². The van der Waals surface area contributed by atoms with Crippen molar-refractivity contribution in [2.75, 3.05) is 11.4 Å². The number of carbonyl (C=O) groups excluding carboxylic acids is 2. The quantitative estimate of drug-likeness (QED) is 0.840. The summed E-state index contributed by atoms with van der Waals surface area (Å²) >= 11 is 0. The van der Waals surface area contributed by atoms with Crippen molar-refractivity contribution in [3.8, 4) is 0 Å². The van der Waals surface area contributed by atoms with E-state index in [1.54, 1.807) is 6.20 Å². The van der Waals surface area contributed by atoms with Gasteiger partial charge in [0.1, 0.15) is 0 Å². The second kappa shape index (κ2) is 6.65. The molecule has 1 saturated carbocycles. The second-order valence-corrected chi connectivity index (χ2v) is 7.36. The molecule has 4 rings (SSSR count). The molecule has 2 aliphatic rings. The normalized spacial score (nSPS) is 21.5. The number of benzene rings is 1. The monoisotopic (exact) mass is 392 g/mol. The van der Waals surface area contributed by atoms with Crippen molar-refractivity contribution in [2.24, 2.45) is 5.92 Å². The lowest BCUT2D eigenvalue weighted by atomic mass is 9.71. The van der Waals surface area contributed by atoms with Gasteiger partial charge >= 0.3 is 6.18 Å². The van der Waals surface area contributed by atoms with E-state index in [1.807, 2.05) is 0 Å². The molecule has 1 unspecified atom stereocenters. The standard InChI is InChI=1S/C19H19F3N4O2/c20-19(21,22)14-4-2-13(3-5-14)18(6-1-7-18)25-17(28)12-8-16(27)26(11-12)15-9-23-24-10-15/h2-5,9-10,12H,1,6-8,11H2,(H,23,24)(H,25,28). The van der Waals surface area contributed by atoms with Crippen molar-refractivity contribution in [3.05, 3.63) is 47.8 Å². The Bertz CT molecular complexity index is 874. The van der Waals surface area contributed by atoms with Gasteiger partial charge in [0.2, 0.25) is 11.8 Å². The maximum atomic E-state index is 12.8. The molecule has 0 spiro atoms. The first-order valence-corrected chi connectivity index (χ1v) is 9.07. The van der Waals surface area contributed by atoms with E-state index in [0.717, 1.165) is 18.6 Å². The van der Waals surface area contributed by atoms with Crippen LogP contribution in [0.1, 0.15) is 36.8 Å². The Labute approximate surface area is 159 Å². The van der Waals surface area contributed by atoms with Crippen LogP contribution in [0.5, 0.6) is 0 Å². The summed E-state index contributed by atoms with van der Waals surface area (Å²) in [5.74, 6) is -0.910. The van der Waals surface area contributed by atoms with Crippen LogP contribution in [-0.2, 0) is 21.3 Å². The molecule has 1 aromatic heterocycles. The molecule has 2 heterocycles. The molecular weight excluding hydrogens is 373 g/mol. The molecule has 1 atom stereocenters. The number of anilines is 1. The molecular formula is C19H19F3N4O2. The van der Waals surface area contributed by atoms with Crippen LogP contribution in [0, 0.1) is 5.92 Å². The average Bonchev–Trinajstić information content (AvgIpc) is 3.26. The van der Waals surface area contributed by atoms with Crippen LogP contribution in [0.2, 0.25) is 0 Å². The Morgan fingerprint density at radius 1 is 1.25 bits per heavy atom. The van der Waals surface area contributed by atoms with Gasteiger partial charge in [-0.1, -0.05) is 12.1 Å². The van der Waals surface area contributed by atoms with Gasteiger partial charge in [0, 0.05) is 19.2 Å². The minimum absolute atomic E-state index is 0.0973. The number of aromatic amines is 1. The zero-order valence-electron chi connectivity index (χ0n) is 14.9. The Morgan fingerprint density at radius 3 is 2.50 bits per heavy atom. The predicted molar refractivity (Wildman–Crippen MR) is 94.2 cm³/mol. The number of nitrogens with zero attached hydrogens (tertiary/aromatic N) is 2. The van der Waals surface area contributed by atoms with Crippen LogP contribution in [0.15, 0.2) is 36.7 Å². The van der Waals surface area contributed by atoms with E-state index in [4.69, 9.17) is 0 Å². The van der Waals surface area contributed by atoms with Crippen molar-refractivity contribution in [1.29, 1.82) is 0 Å². The van der Waals surface area contributed by atoms with Gasteiger partial charge in [0.25, 0.3) is 0 Å². The van der Waals surface area contributed by atoms with E-state index in [0.29, 0.717) is 24.1 Å². The van der Waals surface area contributed by atoms with Gasteiger partial charge < -0.3 is 10.2 Å². The smallest absolute Gasteiger partial charge is 0.346 e. The first kappa shape index (κ1) is 18.5. The zero-order chi connectivity index (χ0) is 19.9. The number of alkyl halides is 3. The lowest BCUT2D eigenvalue weighted by molar-refractivity contribution is -0.137. The van der Waals surface area contributed by atoms with Crippen LogP contribution in [-0.4, -0.2) is 28.6 Å². The van der Waals surface area contributed by atoms with Gasteiger partial charge in [-0.2, -0.15) is 18.3 Å². The summed E-state index contributed by atoms with van der Waals surface area (Å²) in [6.07, 6.45) is 1.02. The minimum atomic E-state index is -4.39. The average molecular weight is 392 g/mol. The molecule has 0 bridgehead atoms. The van der Waals surface area contributed by atoms with Gasteiger partial charge in [0.05, 0.1) is 28.9 Å². The van der Waals surface area contributed by atoms with Gasteiger partial charge in [0.15, 0.2) is 0 Å². The fourth-order valence-electron chi connectivity index (χ4n) is 3.86. The number of rotatable bonds is 4. The van der Waals surface area contributed by atoms with Gasteiger partial charge in [-0.25, -0.2) is 0 Å². The van der Waals surface area contributed by atoms with Crippen LogP contribution < -0.4 is 10.2 Å². The van der Waals surface area contributed by atoms with Crippen molar-refractivity contribution in [1.82, 2.24) is 15.5 Å². The third kappa shape index (κ3) is 3.25. The summed E-state index contributed by atoms with van der Waals surface area (Å²) in [5.41, 5.74) is -0.0976. The second-order valence-electron chi connectivity index (χ2n) is 7.36.